The molecule has 0 radical (unpaired) electrons. The van der Waals surface area contributed by atoms with Crippen molar-refractivity contribution in [3.63, 3.8) is 0 Å². The van der Waals surface area contributed by atoms with Crippen molar-refractivity contribution in [3.05, 3.63) is 23.7 Å². The molecule has 1 aromatic rings. The lowest BCUT2D eigenvalue weighted by Gasteiger charge is -1.97. The lowest BCUT2D eigenvalue weighted by Crippen LogP contribution is -1.91. The van der Waals surface area contributed by atoms with E-state index in [0.29, 0.717) is 0 Å². The van der Waals surface area contributed by atoms with Crippen molar-refractivity contribution < 1.29 is 14.3 Å². The second kappa shape index (κ2) is 6.56. The summed E-state index contributed by atoms with van der Waals surface area (Å²) in [5.41, 5.74) is 0.235. The standard InChI is InChI=1S/C11H16O3S/c1-2-3-4-5-15-8-10-6-9(7-14-10)11(12)13/h6-7H,2-5,8H2,1H3,(H,12,13). The largest absolute Gasteiger partial charge is 0.478 e. The molecular weight excluding hydrogens is 212 g/mol. The third-order valence-corrected chi connectivity index (χ3v) is 3.10. The van der Waals surface area contributed by atoms with E-state index in [4.69, 9.17) is 9.52 Å². The number of unbranched alkanes of at least 4 members (excludes halogenated alkanes) is 2. The highest BCUT2D eigenvalue weighted by atomic mass is 32.2. The number of hydrogen-bond acceptors (Lipinski definition) is 3. The van der Waals surface area contributed by atoms with E-state index in [2.05, 4.69) is 6.92 Å². The summed E-state index contributed by atoms with van der Waals surface area (Å²) < 4.78 is 5.13. The van der Waals surface area contributed by atoms with Crippen LogP contribution in [0.4, 0.5) is 0 Å². The minimum atomic E-state index is -0.930. The van der Waals surface area contributed by atoms with E-state index in [1.165, 1.54) is 25.5 Å². The maximum absolute atomic E-state index is 10.6. The van der Waals surface area contributed by atoms with Gasteiger partial charge in [0.1, 0.15) is 12.0 Å². The Morgan fingerprint density at radius 3 is 2.93 bits per heavy atom. The van der Waals surface area contributed by atoms with E-state index < -0.39 is 5.97 Å². The topological polar surface area (TPSA) is 50.4 Å². The molecule has 0 aliphatic heterocycles. The van der Waals surface area contributed by atoms with Crippen molar-refractivity contribution in [1.29, 1.82) is 0 Å². The van der Waals surface area contributed by atoms with Crippen LogP contribution in [0.1, 0.15) is 42.3 Å². The van der Waals surface area contributed by atoms with Gasteiger partial charge in [0.05, 0.1) is 11.3 Å². The molecule has 1 N–H and O–H groups in total. The third-order valence-electron chi connectivity index (χ3n) is 2.04. The summed E-state index contributed by atoms with van der Waals surface area (Å²) >= 11 is 1.78. The van der Waals surface area contributed by atoms with Crippen LogP contribution in [0.2, 0.25) is 0 Å². The number of thioether (sulfide) groups is 1. The molecule has 0 amide bonds. The molecule has 0 aliphatic carbocycles. The molecule has 0 atom stereocenters. The molecule has 0 fully saturated rings. The second-order valence-corrected chi connectivity index (χ2v) is 4.47. The summed E-state index contributed by atoms with van der Waals surface area (Å²) in [6, 6.07) is 1.59. The second-order valence-electron chi connectivity index (χ2n) is 3.37. The van der Waals surface area contributed by atoms with Gasteiger partial charge in [0.15, 0.2) is 0 Å². The smallest absolute Gasteiger partial charge is 0.338 e. The Labute approximate surface area is 93.9 Å². The van der Waals surface area contributed by atoms with Gasteiger partial charge in [-0.15, -0.1) is 0 Å². The highest BCUT2D eigenvalue weighted by Crippen LogP contribution is 2.16. The van der Waals surface area contributed by atoms with Crippen LogP contribution in [-0.4, -0.2) is 16.8 Å². The molecule has 1 aromatic heterocycles. The predicted octanol–water partition coefficient (Wildman–Crippen LogP) is 3.40. The van der Waals surface area contributed by atoms with Crippen LogP contribution >= 0.6 is 11.8 Å². The highest BCUT2D eigenvalue weighted by Gasteiger charge is 2.07. The fourth-order valence-electron chi connectivity index (χ4n) is 1.20. The Kier molecular flexibility index (Phi) is 5.32. The zero-order valence-electron chi connectivity index (χ0n) is 8.86. The summed E-state index contributed by atoms with van der Waals surface area (Å²) in [7, 11) is 0. The van der Waals surface area contributed by atoms with Gasteiger partial charge in [-0.25, -0.2) is 4.79 Å². The molecule has 0 aromatic carbocycles. The van der Waals surface area contributed by atoms with E-state index in [1.807, 2.05) is 0 Å². The summed E-state index contributed by atoms with van der Waals surface area (Å²) in [6.45, 7) is 2.18. The van der Waals surface area contributed by atoms with Crippen LogP contribution in [0.5, 0.6) is 0 Å². The minimum absolute atomic E-state index is 0.235. The molecule has 4 heteroatoms. The molecule has 0 aliphatic rings. The number of hydrogen-bond donors (Lipinski definition) is 1. The van der Waals surface area contributed by atoms with Gasteiger partial charge in [-0.05, 0) is 18.2 Å². The number of furan rings is 1. The van der Waals surface area contributed by atoms with Gasteiger partial charge in [-0.3, -0.25) is 0 Å². The number of rotatable bonds is 7. The zero-order chi connectivity index (χ0) is 11.1. The maximum Gasteiger partial charge on any atom is 0.338 e. The van der Waals surface area contributed by atoms with Gasteiger partial charge >= 0.3 is 5.97 Å². The first-order chi connectivity index (χ1) is 7.24. The van der Waals surface area contributed by atoms with Crippen molar-refractivity contribution in [2.75, 3.05) is 5.75 Å². The molecule has 84 valence electrons. The Balaban J connectivity index is 2.23. The Morgan fingerprint density at radius 2 is 2.33 bits per heavy atom. The first-order valence-corrected chi connectivity index (χ1v) is 6.28. The highest BCUT2D eigenvalue weighted by molar-refractivity contribution is 7.98. The number of carbonyl (C=O) groups is 1. The molecule has 0 saturated heterocycles. The van der Waals surface area contributed by atoms with Crippen molar-refractivity contribution in [3.8, 4) is 0 Å². The molecule has 0 spiro atoms. The normalized spacial score (nSPS) is 10.5. The molecule has 15 heavy (non-hydrogen) atoms. The average Bonchev–Trinajstić information content (AvgIpc) is 2.66. The average molecular weight is 228 g/mol. The summed E-state index contributed by atoms with van der Waals surface area (Å²) in [5, 5.41) is 8.67. The molecule has 1 rings (SSSR count). The molecular formula is C11H16O3S. The lowest BCUT2D eigenvalue weighted by atomic mass is 10.3. The first kappa shape index (κ1) is 12.2. The monoisotopic (exact) mass is 228 g/mol. The van der Waals surface area contributed by atoms with Gasteiger partial charge in [0, 0.05) is 0 Å². The Morgan fingerprint density at radius 1 is 1.53 bits per heavy atom. The molecule has 0 unspecified atom stereocenters. The maximum atomic E-state index is 10.6. The number of aromatic carboxylic acids is 1. The van der Waals surface area contributed by atoms with Crippen LogP contribution in [0.25, 0.3) is 0 Å². The number of carboxylic acid groups (broad SMARTS) is 1. The van der Waals surface area contributed by atoms with Crippen molar-refractivity contribution in [1.82, 2.24) is 0 Å². The molecule has 0 bridgehead atoms. The minimum Gasteiger partial charge on any atom is -0.478 e. The molecule has 0 saturated carbocycles. The quantitative estimate of drug-likeness (QED) is 0.727. The van der Waals surface area contributed by atoms with Crippen molar-refractivity contribution in [2.24, 2.45) is 0 Å². The van der Waals surface area contributed by atoms with Gasteiger partial charge in [-0.2, -0.15) is 11.8 Å². The Hall–Kier alpha value is -0.900. The van der Waals surface area contributed by atoms with Crippen LogP contribution < -0.4 is 0 Å². The third kappa shape index (κ3) is 4.42. The van der Waals surface area contributed by atoms with Gasteiger partial charge in [-0.1, -0.05) is 19.8 Å². The van der Waals surface area contributed by atoms with Gasteiger partial charge < -0.3 is 9.52 Å². The van der Waals surface area contributed by atoms with Gasteiger partial charge in [0.2, 0.25) is 0 Å². The van der Waals surface area contributed by atoms with E-state index in [1.54, 1.807) is 17.8 Å². The summed E-state index contributed by atoms with van der Waals surface area (Å²) in [5.74, 6) is 1.68. The van der Waals surface area contributed by atoms with Crippen LogP contribution in [0, 0.1) is 0 Å². The number of carboxylic acids is 1. The zero-order valence-corrected chi connectivity index (χ0v) is 9.68. The van der Waals surface area contributed by atoms with Crippen LogP contribution in [0.15, 0.2) is 16.7 Å². The molecule has 1 heterocycles. The summed E-state index contributed by atoms with van der Waals surface area (Å²) in [6.07, 6.45) is 4.99. The first-order valence-electron chi connectivity index (χ1n) is 5.12. The van der Waals surface area contributed by atoms with Crippen molar-refractivity contribution >= 4 is 17.7 Å². The van der Waals surface area contributed by atoms with E-state index in [9.17, 15) is 4.79 Å². The Bertz CT molecular complexity index is 307. The molecule has 3 nitrogen and oxygen atoms in total. The fraction of sp³-hybridized carbons (Fsp3) is 0.545. The predicted molar refractivity (Wildman–Crippen MR) is 61.4 cm³/mol. The SMILES string of the molecule is CCCCCSCc1cc(C(=O)O)co1. The summed E-state index contributed by atoms with van der Waals surface area (Å²) in [4.78, 5) is 10.6. The lowest BCUT2D eigenvalue weighted by molar-refractivity contribution is 0.0696. The van der Waals surface area contributed by atoms with Crippen LogP contribution in [0.3, 0.4) is 0 Å². The van der Waals surface area contributed by atoms with Crippen LogP contribution in [-0.2, 0) is 5.75 Å². The van der Waals surface area contributed by atoms with Gasteiger partial charge in [0.25, 0.3) is 0 Å². The van der Waals surface area contributed by atoms with Crippen molar-refractivity contribution in [2.45, 2.75) is 31.9 Å². The van der Waals surface area contributed by atoms with E-state index >= 15 is 0 Å². The van der Waals surface area contributed by atoms with E-state index in [0.717, 1.165) is 17.3 Å². The fourth-order valence-corrected chi connectivity index (χ4v) is 2.10. The van der Waals surface area contributed by atoms with E-state index in [-0.39, 0.29) is 5.56 Å².